The third-order valence-electron chi connectivity index (χ3n) is 1.74. The van der Waals surface area contributed by atoms with E-state index in [4.69, 9.17) is 23.2 Å². The Balaban J connectivity index is 2.53. The number of hydrogen-bond donors (Lipinski definition) is 2. The van der Waals surface area contributed by atoms with Crippen molar-refractivity contribution in [2.45, 2.75) is 0 Å². The number of carbonyl (C=O) groups is 1. The summed E-state index contributed by atoms with van der Waals surface area (Å²) in [4.78, 5) is 11.6. The summed E-state index contributed by atoms with van der Waals surface area (Å²) in [6.45, 7) is 0.191. The molecule has 0 bridgehead atoms. The van der Waals surface area contributed by atoms with E-state index >= 15 is 0 Å². The van der Waals surface area contributed by atoms with Crippen molar-refractivity contribution in [1.29, 1.82) is 0 Å². The van der Waals surface area contributed by atoms with Gasteiger partial charge in [-0.2, -0.15) is 0 Å². The van der Waals surface area contributed by atoms with Gasteiger partial charge in [-0.05, 0) is 6.07 Å². The Hall–Kier alpha value is -0.960. The van der Waals surface area contributed by atoms with Crippen molar-refractivity contribution in [3.05, 3.63) is 21.9 Å². The molecule has 2 N–H and O–H groups in total. The van der Waals surface area contributed by atoms with Gasteiger partial charge in [0.1, 0.15) is 0 Å². The summed E-state index contributed by atoms with van der Waals surface area (Å²) in [6, 6.07) is 1.27. The summed E-state index contributed by atoms with van der Waals surface area (Å²) in [5, 5.41) is 9.37. The van der Waals surface area contributed by atoms with E-state index < -0.39 is 15.9 Å². The highest BCUT2D eigenvalue weighted by atomic mass is 35.5. The van der Waals surface area contributed by atoms with Gasteiger partial charge in [-0.1, -0.05) is 23.2 Å². The van der Waals surface area contributed by atoms with Crippen molar-refractivity contribution < 1.29 is 13.2 Å². The summed E-state index contributed by atoms with van der Waals surface area (Å²) in [7, 11) is -3.27. The van der Waals surface area contributed by atoms with E-state index in [-0.39, 0.29) is 29.0 Å². The van der Waals surface area contributed by atoms with Gasteiger partial charge in [0, 0.05) is 13.1 Å². The molecule has 1 amide bonds. The van der Waals surface area contributed by atoms with E-state index in [1.165, 1.54) is 6.07 Å². The Morgan fingerprint density at radius 1 is 1.33 bits per heavy atom. The molecule has 1 aromatic rings. The molecule has 18 heavy (non-hydrogen) atoms. The zero-order valence-corrected chi connectivity index (χ0v) is 11.6. The molecule has 0 saturated carbocycles. The molecule has 10 heteroatoms. The van der Waals surface area contributed by atoms with Crippen molar-refractivity contribution in [3.8, 4) is 0 Å². The Kier molecular flexibility index (Phi) is 5.27. The maximum absolute atomic E-state index is 11.6. The van der Waals surface area contributed by atoms with Crippen LogP contribution in [-0.4, -0.2) is 43.9 Å². The van der Waals surface area contributed by atoms with Crippen LogP contribution in [-0.2, 0) is 10.0 Å². The maximum atomic E-state index is 11.6. The summed E-state index contributed by atoms with van der Waals surface area (Å²) in [5.74, 6) is -0.507. The number of nitrogens with zero attached hydrogens (tertiary/aromatic N) is 2. The predicted octanol–water partition coefficient (Wildman–Crippen LogP) is 0.0624. The molecule has 0 spiro atoms. The molecular weight excluding hydrogens is 303 g/mol. The van der Waals surface area contributed by atoms with E-state index in [1.54, 1.807) is 0 Å². The molecule has 0 aliphatic heterocycles. The van der Waals surface area contributed by atoms with Crippen molar-refractivity contribution in [3.63, 3.8) is 0 Å². The molecule has 1 rings (SSSR count). The summed E-state index contributed by atoms with van der Waals surface area (Å²) in [6.07, 6.45) is 1.03. The van der Waals surface area contributed by atoms with Crippen molar-refractivity contribution >= 4 is 39.1 Å². The SMILES string of the molecule is CS(=O)(=O)NCCNC(=O)c1cc(Cl)nnc1Cl. The molecule has 0 aliphatic rings. The lowest BCUT2D eigenvalue weighted by Gasteiger charge is -2.06. The summed E-state index contributed by atoms with van der Waals surface area (Å²) in [5.41, 5.74) is 0.0797. The van der Waals surface area contributed by atoms with Gasteiger partial charge in [0.05, 0.1) is 11.8 Å². The second kappa shape index (κ2) is 6.28. The standard InChI is InChI=1S/C8H10Cl2N4O3S/c1-18(16,17)12-3-2-11-8(15)5-4-6(9)13-14-7(5)10/h4,12H,2-3H2,1H3,(H,11,15). The van der Waals surface area contributed by atoms with E-state index in [9.17, 15) is 13.2 Å². The van der Waals surface area contributed by atoms with Crippen LogP contribution in [0.2, 0.25) is 10.3 Å². The molecule has 0 saturated heterocycles. The first-order valence-electron chi connectivity index (χ1n) is 4.71. The van der Waals surface area contributed by atoms with Gasteiger partial charge in [-0.15, -0.1) is 10.2 Å². The summed E-state index contributed by atoms with van der Waals surface area (Å²) >= 11 is 11.3. The van der Waals surface area contributed by atoms with Crippen LogP contribution in [0.3, 0.4) is 0 Å². The van der Waals surface area contributed by atoms with Gasteiger partial charge >= 0.3 is 0 Å². The van der Waals surface area contributed by atoms with Crippen LogP contribution in [0.4, 0.5) is 0 Å². The molecule has 7 nitrogen and oxygen atoms in total. The highest BCUT2D eigenvalue weighted by Gasteiger charge is 2.12. The van der Waals surface area contributed by atoms with Crippen molar-refractivity contribution in [2.75, 3.05) is 19.3 Å². The van der Waals surface area contributed by atoms with E-state index in [0.29, 0.717) is 0 Å². The predicted molar refractivity (Wildman–Crippen MR) is 67.2 cm³/mol. The van der Waals surface area contributed by atoms with Crippen LogP contribution in [0.1, 0.15) is 10.4 Å². The van der Waals surface area contributed by atoms with Crippen LogP contribution in [0.5, 0.6) is 0 Å². The molecule has 0 aliphatic carbocycles. The second-order valence-electron chi connectivity index (χ2n) is 3.29. The average molecular weight is 313 g/mol. The van der Waals surface area contributed by atoms with Crippen LogP contribution >= 0.6 is 23.2 Å². The van der Waals surface area contributed by atoms with Crippen molar-refractivity contribution in [1.82, 2.24) is 20.2 Å². The highest BCUT2D eigenvalue weighted by Crippen LogP contribution is 2.14. The van der Waals surface area contributed by atoms with E-state index in [1.807, 2.05) is 0 Å². The fourth-order valence-corrected chi connectivity index (χ4v) is 1.82. The monoisotopic (exact) mass is 312 g/mol. The zero-order valence-electron chi connectivity index (χ0n) is 9.27. The smallest absolute Gasteiger partial charge is 0.254 e. The first-order valence-corrected chi connectivity index (χ1v) is 7.36. The second-order valence-corrected chi connectivity index (χ2v) is 5.87. The van der Waals surface area contributed by atoms with E-state index in [0.717, 1.165) is 6.26 Å². The Labute approximate surface area is 114 Å². The van der Waals surface area contributed by atoms with E-state index in [2.05, 4.69) is 20.2 Å². The number of hydrogen-bond acceptors (Lipinski definition) is 5. The fraction of sp³-hybridized carbons (Fsp3) is 0.375. The molecule has 1 aromatic heterocycles. The first-order chi connectivity index (χ1) is 8.29. The topological polar surface area (TPSA) is 101 Å². The minimum absolute atomic E-state index is 0.0406. The van der Waals surface area contributed by atoms with Crippen LogP contribution in [0, 0.1) is 0 Å². The summed E-state index contributed by atoms with van der Waals surface area (Å²) < 4.78 is 23.8. The van der Waals surface area contributed by atoms with Gasteiger partial charge in [-0.3, -0.25) is 4.79 Å². The number of rotatable bonds is 5. The molecule has 0 aromatic carbocycles. The quantitative estimate of drug-likeness (QED) is 0.749. The van der Waals surface area contributed by atoms with Crippen LogP contribution in [0.15, 0.2) is 6.07 Å². The van der Waals surface area contributed by atoms with Gasteiger partial charge in [-0.25, -0.2) is 13.1 Å². The number of amides is 1. The van der Waals surface area contributed by atoms with Crippen LogP contribution < -0.4 is 10.0 Å². The Morgan fingerprint density at radius 3 is 2.61 bits per heavy atom. The van der Waals surface area contributed by atoms with Gasteiger partial charge in [0.25, 0.3) is 5.91 Å². The van der Waals surface area contributed by atoms with Gasteiger partial charge < -0.3 is 5.32 Å². The fourth-order valence-electron chi connectivity index (χ4n) is 1.02. The minimum Gasteiger partial charge on any atom is -0.351 e. The van der Waals surface area contributed by atoms with Gasteiger partial charge in [0.2, 0.25) is 10.0 Å². The molecule has 0 fully saturated rings. The van der Waals surface area contributed by atoms with Gasteiger partial charge in [0.15, 0.2) is 10.3 Å². The lowest BCUT2D eigenvalue weighted by atomic mass is 10.3. The molecule has 0 atom stereocenters. The lowest BCUT2D eigenvalue weighted by molar-refractivity contribution is 0.0954. The molecular formula is C8H10Cl2N4O3S. The Bertz CT molecular complexity index is 549. The number of halogens is 2. The molecule has 0 radical (unpaired) electrons. The van der Waals surface area contributed by atoms with Crippen molar-refractivity contribution in [2.24, 2.45) is 0 Å². The number of sulfonamides is 1. The third kappa shape index (κ3) is 5.13. The average Bonchev–Trinajstić information content (AvgIpc) is 2.26. The number of carbonyl (C=O) groups excluding carboxylic acids is 1. The molecule has 0 unspecified atom stereocenters. The number of nitrogens with one attached hydrogen (secondary N) is 2. The normalized spacial score (nSPS) is 11.3. The number of aromatic nitrogens is 2. The maximum Gasteiger partial charge on any atom is 0.254 e. The Morgan fingerprint density at radius 2 is 2.00 bits per heavy atom. The minimum atomic E-state index is -3.27. The van der Waals surface area contributed by atoms with Crippen LogP contribution in [0.25, 0.3) is 0 Å². The largest absolute Gasteiger partial charge is 0.351 e. The molecule has 1 heterocycles. The third-order valence-corrected chi connectivity index (χ3v) is 2.93. The first kappa shape index (κ1) is 15.1. The lowest BCUT2D eigenvalue weighted by Crippen LogP contribution is -2.34. The zero-order chi connectivity index (χ0) is 13.8. The molecule has 100 valence electrons. The highest BCUT2D eigenvalue weighted by molar-refractivity contribution is 7.88.